The van der Waals surface area contributed by atoms with Crippen molar-refractivity contribution in [1.29, 1.82) is 0 Å². The van der Waals surface area contributed by atoms with E-state index in [1.165, 1.54) is 22.8 Å². The van der Waals surface area contributed by atoms with E-state index in [9.17, 15) is 18.4 Å². The van der Waals surface area contributed by atoms with Crippen LogP contribution in [0.25, 0.3) is 16.6 Å². The van der Waals surface area contributed by atoms with Crippen molar-refractivity contribution in [3.63, 3.8) is 0 Å². The average molecular weight is 420 g/mol. The summed E-state index contributed by atoms with van der Waals surface area (Å²) < 4.78 is 36.9. The number of halogens is 2. The van der Waals surface area contributed by atoms with Crippen molar-refractivity contribution in [2.24, 2.45) is 7.05 Å². The Morgan fingerprint density at radius 3 is 2.48 bits per heavy atom. The molecular formula is C24H18F2N2O3. The third-order valence-corrected chi connectivity index (χ3v) is 5.75. The van der Waals surface area contributed by atoms with Crippen molar-refractivity contribution in [3.8, 4) is 11.4 Å². The molecule has 0 bridgehead atoms. The van der Waals surface area contributed by atoms with E-state index in [0.717, 1.165) is 10.1 Å². The van der Waals surface area contributed by atoms with E-state index in [1.807, 2.05) is 0 Å². The molecule has 0 aliphatic carbocycles. The Bertz CT molecular complexity index is 1440. The van der Waals surface area contributed by atoms with E-state index in [-0.39, 0.29) is 5.56 Å². The Balaban J connectivity index is 1.63. The van der Waals surface area contributed by atoms with Gasteiger partial charge in [-0.3, -0.25) is 9.36 Å². The van der Waals surface area contributed by atoms with Gasteiger partial charge in [-0.2, -0.15) is 0 Å². The van der Waals surface area contributed by atoms with Gasteiger partial charge in [0, 0.05) is 13.1 Å². The Morgan fingerprint density at radius 2 is 1.71 bits per heavy atom. The second-order valence-electron chi connectivity index (χ2n) is 7.57. The summed E-state index contributed by atoms with van der Waals surface area (Å²) in [5.41, 5.74) is 0.685. The average Bonchev–Trinajstić information content (AvgIpc) is 2.77. The molecule has 0 saturated heterocycles. The van der Waals surface area contributed by atoms with Crippen LogP contribution in [-0.4, -0.2) is 9.13 Å². The second kappa shape index (κ2) is 7.19. The van der Waals surface area contributed by atoms with Gasteiger partial charge in [0.15, 0.2) is 0 Å². The molecule has 4 aromatic rings. The zero-order valence-corrected chi connectivity index (χ0v) is 16.6. The smallest absolute Gasteiger partial charge is 0.335 e. The van der Waals surface area contributed by atoms with Crippen LogP contribution >= 0.6 is 0 Å². The molecule has 31 heavy (non-hydrogen) atoms. The van der Waals surface area contributed by atoms with Crippen LogP contribution in [0.4, 0.5) is 8.78 Å². The fourth-order valence-corrected chi connectivity index (χ4v) is 4.15. The van der Waals surface area contributed by atoms with Crippen LogP contribution in [0.15, 0.2) is 70.3 Å². The van der Waals surface area contributed by atoms with Crippen LogP contribution in [0.3, 0.4) is 0 Å². The first-order chi connectivity index (χ1) is 15.0. The zero-order valence-electron chi connectivity index (χ0n) is 16.6. The van der Waals surface area contributed by atoms with E-state index in [2.05, 4.69) is 0 Å². The summed E-state index contributed by atoms with van der Waals surface area (Å²) in [6, 6.07) is 15.6. The minimum Gasteiger partial charge on any atom is -0.485 e. The highest BCUT2D eigenvalue weighted by Gasteiger charge is 2.27. The molecule has 1 aliphatic heterocycles. The first-order valence-electron chi connectivity index (χ1n) is 9.90. The number of para-hydroxylation sites is 1. The van der Waals surface area contributed by atoms with Crippen LogP contribution in [0.5, 0.6) is 5.75 Å². The van der Waals surface area contributed by atoms with Crippen LogP contribution < -0.4 is 16.0 Å². The van der Waals surface area contributed by atoms with Crippen molar-refractivity contribution in [3.05, 3.63) is 104 Å². The summed E-state index contributed by atoms with van der Waals surface area (Å²) in [4.78, 5) is 26.0. The number of aryl methyl sites for hydroxylation is 2. The molecule has 3 aromatic carbocycles. The Hall–Kier alpha value is -3.74. The Morgan fingerprint density at radius 1 is 0.968 bits per heavy atom. The van der Waals surface area contributed by atoms with Crippen molar-refractivity contribution in [1.82, 2.24) is 9.13 Å². The number of rotatable bonds is 2. The summed E-state index contributed by atoms with van der Waals surface area (Å²) in [5.74, 6) is -0.924. The molecule has 156 valence electrons. The highest BCUT2D eigenvalue weighted by atomic mass is 19.1. The van der Waals surface area contributed by atoms with Crippen molar-refractivity contribution in [2.75, 3.05) is 0 Å². The standard InChI is InChI=1S/C24H18F2N2O3/c1-27-19-8-3-2-5-16(19)23(29)28(24(27)30)15-11-9-14-10-12-20(31-21(14)13-15)22-17(25)6-4-7-18(22)26/h2-9,11,13,20H,10,12H2,1H3. The fourth-order valence-electron chi connectivity index (χ4n) is 4.15. The van der Waals surface area contributed by atoms with Gasteiger partial charge in [-0.25, -0.2) is 18.1 Å². The van der Waals surface area contributed by atoms with E-state index >= 15 is 0 Å². The predicted molar refractivity (Wildman–Crippen MR) is 113 cm³/mol. The molecule has 5 rings (SSSR count). The number of hydrogen-bond acceptors (Lipinski definition) is 3. The molecule has 5 nitrogen and oxygen atoms in total. The van der Waals surface area contributed by atoms with Crippen LogP contribution in [0, 0.1) is 11.6 Å². The van der Waals surface area contributed by atoms with Gasteiger partial charge < -0.3 is 4.74 Å². The molecule has 0 fully saturated rings. The van der Waals surface area contributed by atoms with Gasteiger partial charge in [0.25, 0.3) is 5.56 Å². The van der Waals surface area contributed by atoms with E-state index in [4.69, 9.17) is 4.74 Å². The van der Waals surface area contributed by atoms with E-state index in [0.29, 0.717) is 35.2 Å². The Kier molecular flexibility index (Phi) is 4.46. The number of nitrogens with zero attached hydrogens (tertiary/aromatic N) is 2. The van der Waals surface area contributed by atoms with Crippen LogP contribution in [0.1, 0.15) is 23.7 Å². The van der Waals surface area contributed by atoms with Gasteiger partial charge in [0.1, 0.15) is 23.5 Å². The topological polar surface area (TPSA) is 53.2 Å². The van der Waals surface area contributed by atoms with Gasteiger partial charge in [-0.1, -0.05) is 24.3 Å². The molecule has 0 N–H and O–H groups in total. The fraction of sp³-hybridized carbons (Fsp3) is 0.167. The maximum Gasteiger partial charge on any atom is 0.335 e. The van der Waals surface area contributed by atoms with Gasteiger partial charge in [0.2, 0.25) is 0 Å². The Labute approximate surface area is 175 Å². The van der Waals surface area contributed by atoms with Crippen LogP contribution in [-0.2, 0) is 13.5 Å². The molecule has 0 amide bonds. The summed E-state index contributed by atoms with van der Waals surface area (Å²) >= 11 is 0. The molecule has 0 radical (unpaired) electrons. The third kappa shape index (κ3) is 3.04. The molecule has 1 unspecified atom stereocenters. The van der Waals surface area contributed by atoms with Crippen LogP contribution in [0.2, 0.25) is 0 Å². The molecule has 1 aliphatic rings. The lowest BCUT2D eigenvalue weighted by atomic mass is 9.96. The SMILES string of the molecule is Cn1c(=O)n(-c2ccc3c(c2)OC(c2c(F)cccc2F)CC3)c(=O)c2ccccc21. The van der Waals surface area contributed by atoms with Crippen molar-refractivity contribution in [2.45, 2.75) is 18.9 Å². The van der Waals surface area contributed by atoms with Gasteiger partial charge >= 0.3 is 5.69 Å². The highest BCUT2D eigenvalue weighted by molar-refractivity contribution is 5.78. The first kappa shape index (κ1) is 19.2. The lowest BCUT2D eigenvalue weighted by Crippen LogP contribution is -2.37. The van der Waals surface area contributed by atoms with Gasteiger partial charge in [0.05, 0.1) is 22.2 Å². The third-order valence-electron chi connectivity index (χ3n) is 5.75. The minimum absolute atomic E-state index is 0.114. The minimum atomic E-state index is -0.792. The highest BCUT2D eigenvalue weighted by Crippen LogP contribution is 2.37. The molecular weight excluding hydrogens is 402 g/mol. The first-order valence-corrected chi connectivity index (χ1v) is 9.90. The molecule has 7 heteroatoms. The maximum absolute atomic E-state index is 14.2. The molecule has 1 aromatic heterocycles. The summed E-state index contributed by atoms with van der Waals surface area (Å²) in [7, 11) is 1.60. The molecule has 2 heterocycles. The largest absolute Gasteiger partial charge is 0.485 e. The quantitative estimate of drug-likeness (QED) is 0.492. The van der Waals surface area contributed by atoms with Gasteiger partial charge in [-0.15, -0.1) is 0 Å². The van der Waals surface area contributed by atoms with E-state index < -0.39 is 29.0 Å². The lowest BCUT2D eigenvalue weighted by molar-refractivity contribution is 0.167. The lowest BCUT2D eigenvalue weighted by Gasteiger charge is -2.27. The molecule has 1 atom stereocenters. The molecule has 0 saturated carbocycles. The van der Waals surface area contributed by atoms with Crippen molar-refractivity contribution >= 4 is 10.9 Å². The monoisotopic (exact) mass is 420 g/mol. The van der Waals surface area contributed by atoms with Gasteiger partial charge in [-0.05, 0) is 48.7 Å². The second-order valence-corrected chi connectivity index (χ2v) is 7.57. The van der Waals surface area contributed by atoms with Crippen molar-refractivity contribution < 1.29 is 13.5 Å². The number of aromatic nitrogens is 2. The number of ether oxygens (including phenoxy) is 1. The van der Waals surface area contributed by atoms with E-state index in [1.54, 1.807) is 49.5 Å². The number of fused-ring (bicyclic) bond motifs is 2. The molecule has 0 spiro atoms. The normalized spacial score (nSPS) is 15.5. The number of benzene rings is 3. The predicted octanol–water partition coefficient (Wildman–Crippen LogP) is 4.03. The zero-order chi connectivity index (χ0) is 21.7. The summed E-state index contributed by atoms with van der Waals surface area (Å²) in [6.07, 6.45) is 0.181. The maximum atomic E-state index is 14.2. The number of hydrogen-bond donors (Lipinski definition) is 0. The summed E-state index contributed by atoms with van der Waals surface area (Å²) in [6.45, 7) is 0. The summed E-state index contributed by atoms with van der Waals surface area (Å²) in [5, 5.41) is 0.412.